The molecule has 0 bridgehead atoms. The maximum atomic E-state index is 13.1. The topological polar surface area (TPSA) is 282 Å². The van der Waals surface area contributed by atoms with Gasteiger partial charge in [0.1, 0.15) is 24.4 Å². The van der Waals surface area contributed by atoms with Crippen LogP contribution in [-0.4, -0.2) is 118 Å². The first-order chi connectivity index (χ1) is 53.6. The Hall–Kier alpha value is -7.18. The number of Topliss-reactive ketones (excluding diaryl/α,β-unsaturated/α-hetero) is 4. The summed E-state index contributed by atoms with van der Waals surface area (Å²) in [5.41, 5.74) is 6.49. The van der Waals surface area contributed by atoms with E-state index < -0.39 is 45.7 Å². The first-order valence-electron chi connectivity index (χ1n) is 43.3. The summed E-state index contributed by atoms with van der Waals surface area (Å²) >= 11 is 0. The van der Waals surface area contributed by atoms with Gasteiger partial charge in [-0.05, 0) is 242 Å². The molecule has 0 saturated heterocycles. The number of carbonyl (C=O) groups excluding carboxylic acids is 12. The normalized spacial score (nSPS) is 41.3. The first-order valence-corrected chi connectivity index (χ1v) is 43.3. The van der Waals surface area contributed by atoms with Gasteiger partial charge >= 0.3 is 23.9 Å². The van der Waals surface area contributed by atoms with Gasteiger partial charge in [-0.1, -0.05) is 151 Å². The molecule has 114 heavy (non-hydrogen) atoms. The van der Waals surface area contributed by atoms with E-state index in [0.29, 0.717) is 92.8 Å². The summed E-state index contributed by atoms with van der Waals surface area (Å²) in [5, 5.41) is 22.9. The van der Waals surface area contributed by atoms with Crippen LogP contribution in [0.5, 0.6) is 0 Å². The van der Waals surface area contributed by atoms with Crippen LogP contribution >= 0.6 is 0 Å². The van der Waals surface area contributed by atoms with Crippen molar-refractivity contribution < 1.29 is 86.7 Å². The number of aliphatic hydroxyl groups is 2. The fourth-order valence-corrected chi connectivity index (χ4v) is 27.4. The van der Waals surface area contributed by atoms with Gasteiger partial charge < -0.3 is 29.2 Å². The lowest BCUT2D eigenvalue weighted by atomic mass is 9.50. The summed E-state index contributed by atoms with van der Waals surface area (Å²) < 4.78 is 20.2. The third-order valence-corrected chi connectivity index (χ3v) is 33.7. The lowest BCUT2D eigenvalue weighted by molar-refractivity contribution is -0.163. The second-order valence-electron chi connectivity index (χ2n) is 39.4. The number of allylic oxidation sites excluding steroid dienone is 18. The molecule has 0 aromatic rings. The maximum absolute atomic E-state index is 13.1. The van der Waals surface area contributed by atoms with E-state index in [9.17, 15) is 67.7 Å². The van der Waals surface area contributed by atoms with Gasteiger partial charge in [0, 0.05) is 90.3 Å². The van der Waals surface area contributed by atoms with Crippen molar-refractivity contribution in [3.63, 3.8) is 0 Å². The Morgan fingerprint density at radius 2 is 0.754 bits per heavy atom. The van der Waals surface area contributed by atoms with E-state index in [1.807, 2.05) is 38.2 Å². The van der Waals surface area contributed by atoms with E-state index in [1.165, 1.54) is 58.4 Å². The predicted molar refractivity (Wildman–Crippen MR) is 428 cm³/mol. The third kappa shape index (κ3) is 14.1. The van der Waals surface area contributed by atoms with Crippen molar-refractivity contribution in [2.45, 2.75) is 275 Å². The van der Waals surface area contributed by atoms with Crippen molar-refractivity contribution >= 4 is 70.1 Å². The Kier molecular flexibility index (Phi) is 23.2. The zero-order valence-electron chi connectivity index (χ0n) is 70.3. The van der Waals surface area contributed by atoms with Crippen molar-refractivity contribution in [1.29, 1.82) is 0 Å². The average Bonchev–Trinajstić information content (AvgIpc) is 1.50. The molecule has 618 valence electrons. The Bertz CT molecular complexity index is 4350. The molecule has 8 saturated carbocycles. The molecule has 0 amide bonds. The number of hydrogen-bond donors (Lipinski definition) is 2. The molecule has 2 N–H and O–H groups in total. The Morgan fingerprint density at radius 1 is 0.412 bits per heavy atom. The van der Waals surface area contributed by atoms with Crippen LogP contribution in [-0.2, 0) is 76.5 Å². The van der Waals surface area contributed by atoms with Gasteiger partial charge in [0.15, 0.2) is 47.9 Å². The quantitative estimate of drug-likeness (QED) is 0.0928. The van der Waals surface area contributed by atoms with Gasteiger partial charge in [0.2, 0.25) is 11.6 Å². The molecular weight excluding hydrogens is 1440 g/mol. The Labute approximate surface area is 674 Å². The van der Waals surface area contributed by atoms with Crippen LogP contribution in [0.2, 0.25) is 0 Å². The van der Waals surface area contributed by atoms with Gasteiger partial charge in [0.05, 0.1) is 0 Å². The minimum Gasteiger partial charge on any atom is -0.458 e. The minimum absolute atomic E-state index is 0.0279. The maximum Gasteiger partial charge on any atom is 0.305 e. The minimum atomic E-state index is -1.47. The Morgan fingerprint density at radius 3 is 1.16 bits per heavy atom. The molecule has 18 heteroatoms. The highest BCUT2D eigenvalue weighted by Crippen LogP contribution is 2.71. The van der Waals surface area contributed by atoms with Crippen molar-refractivity contribution in [2.75, 3.05) is 26.4 Å². The molecule has 0 radical (unpaired) electrons. The summed E-state index contributed by atoms with van der Waals surface area (Å²) in [6.07, 6.45) is 41.0. The molecule has 16 aliphatic carbocycles. The van der Waals surface area contributed by atoms with Crippen molar-refractivity contribution in [3.05, 3.63) is 105 Å². The predicted octanol–water partition coefficient (Wildman–Crippen LogP) is 16.0. The molecule has 8 unspecified atom stereocenters. The molecule has 16 rings (SSSR count). The molecule has 0 spiro atoms. The van der Waals surface area contributed by atoms with Gasteiger partial charge in [-0.15, -0.1) is 0 Å². The number of esters is 4. The molecule has 0 heterocycles. The average molecular weight is 1570 g/mol. The van der Waals surface area contributed by atoms with Crippen LogP contribution in [0.4, 0.5) is 0 Å². The second-order valence-corrected chi connectivity index (χ2v) is 39.4. The third-order valence-electron chi connectivity index (χ3n) is 33.7. The number of ketones is 8. The lowest BCUT2D eigenvalue weighted by Gasteiger charge is -2.54. The van der Waals surface area contributed by atoms with Crippen LogP contribution in [0.25, 0.3) is 0 Å². The zero-order chi connectivity index (χ0) is 82.6. The monoisotopic (exact) mass is 1570 g/mol. The molecule has 8 fully saturated rings. The second kappa shape index (κ2) is 31.3. The highest BCUT2D eigenvalue weighted by atomic mass is 16.5. The summed E-state index contributed by atoms with van der Waals surface area (Å²) in [7, 11) is 0. The number of carbonyl (C=O) groups is 12. The van der Waals surface area contributed by atoms with Crippen LogP contribution in [0.1, 0.15) is 264 Å². The highest BCUT2D eigenvalue weighted by molar-refractivity contribution is 6.01. The number of ether oxygens (including phenoxy) is 4. The van der Waals surface area contributed by atoms with Crippen molar-refractivity contribution in [2.24, 2.45) is 114 Å². The van der Waals surface area contributed by atoms with Gasteiger partial charge in [-0.3, -0.25) is 57.5 Å². The number of fused-ring (bicyclic) bond motifs is 20. The van der Waals surface area contributed by atoms with E-state index in [2.05, 4.69) is 79.7 Å². The van der Waals surface area contributed by atoms with E-state index in [-0.39, 0.29) is 141 Å². The van der Waals surface area contributed by atoms with Gasteiger partial charge in [-0.2, -0.15) is 0 Å². The lowest BCUT2D eigenvalue weighted by Crippen LogP contribution is -2.55. The molecule has 0 aromatic heterocycles. The smallest absolute Gasteiger partial charge is 0.305 e. The fourth-order valence-electron chi connectivity index (χ4n) is 27.4. The van der Waals surface area contributed by atoms with Crippen molar-refractivity contribution in [1.82, 2.24) is 0 Å². The summed E-state index contributed by atoms with van der Waals surface area (Å²) in [5.74, 6) is 2.18. The summed E-state index contributed by atoms with van der Waals surface area (Å²) in [4.78, 5) is 145. The van der Waals surface area contributed by atoms with Crippen molar-refractivity contribution in [3.8, 4) is 0 Å². The molecule has 16 aliphatic rings. The first kappa shape index (κ1) is 84.7. The number of rotatable bonds is 14. The molecule has 0 aromatic carbocycles. The van der Waals surface area contributed by atoms with Crippen LogP contribution in [0.15, 0.2) is 105 Å². The van der Waals surface area contributed by atoms with Crippen LogP contribution < -0.4 is 0 Å². The fraction of sp³-hybridized carbons (Fsp3) is 0.688. The molecule has 0 aliphatic heterocycles. The van der Waals surface area contributed by atoms with E-state index in [1.54, 1.807) is 26.0 Å². The zero-order valence-corrected chi connectivity index (χ0v) is 70.3. The van der Waals surface area contributed by atoms with Crippen LogP contribution in [0, 0.1) is 114 Å². The van der Waals surface area contributed by atoms with Crippen LogP contribution in [0.3, 0.4) is 0 Å². The largest absolute Gasteiger partial charge is 0.458 e. The van der Waals surface area contributed by atoms with E-state index >= 15 is 0 Å². The standard InChI is InChI=1S/C25H34O4.C24H32O5.C24H32O4.C23H28O5/c1-5-22(28)29-14-21(27)23-15(2)12-20-18-7-6-16-13-17(26)8-10-24(16,3)19(18)9-11-25(20,23)4;1-4-21(27)29-14-20(26)24(28)12-9-19-17-6-5-15-13-16(25)7-10-22(15,2)18(17)8-11-23(19,24)3;1-14-11-20-18-6-5-16-12-17(26)7-9-23(16,3)19(18)8-10-24(20,4)22(14)21(27)13-28-15(2)25;1-14(24)28-13-20(26)23(27)11-8-19-17-5-4-15-12-16(25)6-9-21(15,2)18(17)7-10-22(19,23)3/h9,13,15,18,20,23H,5-8,10-12,14H2,1-4H3;8,13,17,19,28H,4-7,9-12,14H2,1-3H3;8,12,14,18,20,22H,5-7,9-11,13H2,1-4H3;6-7,9,12,17,19,27H,4-5,8,10-11,13H2,1-3H3/t15-,18?,20?,23+,24-,25-;17?,19?,22-,23-,24-;14-,18?,20?,22-,23+,24+;17?,19?,21-,22-,23-/m0010/s1. The summed E-state index contributed by atoms with van der Waals surface area (Å²) in [6, 6.07) is 0. The van der Waals surface area contributed by atoms with Gasteiger partial charge in [0.25, 0.3) is 0 Å². The molecular formula is C96H126O18. The molecule has 22 atom stereocenters. The highest BCUT2D eigenvalue weighted by Gasteiger charge is 2.68. The summed E-state index contributed by atoms with van der Waals surface area (Å²) in [6.45, 7) is 27.3. The van der Waals surface area contributed by atoms with Gasteiger partial charge in [-0.25, -0.2) is 0 Å². The number of hydrogen-bond acceptors (Lipinski definition) is 18. The molecule has 18 nitrogen and oxygen atoms in total. The van der Waals surface area contributed by atoms with E-state index in [0.717, 1.165) is 109 Å². The Balaban J connectivity index is 0.000000133. The van der Waals surface area contributed by atoms with E-state index in [4.69, 9.17) is 18.9 Å². The SMILES string of the molecule is CC(=O)OCC(=O)[C@@]1(O)CCC2C3CCC4=CC(=O)C=C[C@]4(C)C3=CC[C@@]21C.CC(=O)OCC(=O)[C@H]1[C@H](C)CC2C3CCC4=CC(=O)CC[C@]4(C)C3=CC[C@@]21C.CCC(=O)OCC(=O)[C@@]1(O)CCC2C3CCC4=CC(=O)CC[C@]4(C)C3=CC[C@@]21C.CCC(=O)OCC(=O)[C@H]1[C@@H](C)CC2C3CCC4=CC(=O)CC[C@]4(C)C3=CC[C@@]21C.